The van der Waals surface area contributed by atoms with Crippen LogP contribution in [-0.2, 0) is 16.2 Å². The second-order valence-corrected chi connectivity index (χ2v) is 13.8. The standard InChI is InChI=1S/C34H39BrFNO4/c1-7-37-24-15-33(3,4)17-26(38)30(24)29(31-25(37)16-34(5,6)18-27(31)39)21-13-23(35)32(28(14-21)40-8-2)41-19-20-9-11-22(36)12-10-20/h9-14,29H,7-8,15-19H2,1-6H3. The molecule has 0 aromatic heterocycles. The van der Waals surface area contributed by atoms with E-state index in [1.807, 2.05) is 19.1 Å². The molecule has 218 valence electrons. The second-order valence-electron chi connectivity index (χ2n) is 13.0. The van der Waals surface area contributed by atoms with Crippen molar-refractivity contribution in [2.75, 3.05) is 13.2 Å². The molecule has 5 rings (SSSR count). The summed E-state index contributed by atoms with van der Waals surface area (Å²) in [5.41, 5.74) is 4.94. The van der Waals surface area contributed by atoms with Crippen LogP contribution in [0.3, 0.4) is 0 Å². The highest BCUT2D eigenvalue weighted by Gasteiger charge is 2.48. The molecule has 1 aliphatic heterocycles. The highest BCUT2D eigenvalue weighted by molar-refractivity contribution is 9.10. The van der Waals surface area contributed by atoms with E-state index in [0.29, 0.717) is 42.0 Å². The molecule has 0 unspecified atom stereocenters. The molecule has 0 radical (unpaired) electrons. The molecule has 0 amide bonds. The van der Waals surface area contributed by atoms with Gasteiger partial charge in [0.1, 0.15) is 12.4 Å². The van der Waals surface area contributed by atoms with Crippen molar-refractivity contribution in [2.24, 2.45) is 10.8 Å². The maximum absolute atomic E-state index is 13.9. The summed E-state index contributed by atoms with van der Waals surface area (Å²) in [7, 11) is 0. The monoisotopic (exact) mass is 623 g/mol. The summed E-state index contributed by atoms with van der Waals surface area (Å²) in [5, 5.41) is 0. The lowest BCUT2D eigenvalue weighted by molar-refractivity contribution is -0.119. The van der Waals surface area contributed by atoms with Gasteiger partial charge >= 0.3 is 0 Å². The fraction of sp³-hybridized carbons (Fsp3) is 0.471. The van der Waals surface area contributed by atoms with Gasteiger partial charge in [0.15, 0.2) is 23.1 Å². The van der Waals surface area contributed by atoms with Crippen LogP contribution >= 0.6 is 15.9 Å². The molecule has 7 heteroatoms. The highest BCUT2D eigenvalue weighted by atomic mass is 79.9. The molecule has 0 spiro atoms. The molecule has 0 N–H and O–H groups in total. The number of allylic oxidation sites excluding steroid dienone is 4. The number of nitrogens with zero attached hydrogens (tertiary/aromatic N) is 1. The Kier molecular flexibility index (Phi) is 7.97. The van der Waals surface area contributed by atoms with E-state index in [9.17, 15) is 14.0 Å². The van der Waals surface area contributed by atoms with Crippen molar-refractivity contribution in [1.29, 1.82) is 0 Å². The van der Waals surface area contributed by atoms with Gasteiger partial charge < -0.3 is 14.4 Å². The van der Waals surface area contributed by atoms with Crippen LogP contribution in [0.25, 0.3) is 0 Å². The maximum Gasteiger partial charge on any atom is 0.175 e. The van der Waals surface area contributed by atoms with E-state index in [2.05, 4.69) is 55.4 Å². The van der Waals surface area contributed by atoms with Gasteiger partial charge in [0.2, 0.25) is 0 Å². The molecule has 0 bridgehead atoms. The van der Waals surface area contributed by atoms with Gasteiger partial charge in [-0.1, -0.05) is 39.8 Å². The molecule has 3 aliphatic rings. The predicted molar refractivity (Wildman–Crippen MR) is 161 cm³/mol. The van der Waals surface area contributed by atoms with Crippen LogP contribution in [0.15, 0.2) is 63.4 Å². The summed E-state index contributed by atoms with van der Waals surface area (Å²) in [4.78, 5) is 30.1. The average molecular weight is 625 g/mol. The summed E-state index contributed by atoms with van der Waals surface area (Å²) < 4.78 is 26.3. The fourth-order valence-electron chi connectivity index (χ4n) is 6.66. The zero-order valence-electron chi connectivity index (χ0n) is 24.8. The number of halogens is 2. The Morgan fingerprint density at radius 2 is 1.44 bits per heavy atom. The molecule has 5 nitrogen and oxygen atoms in total. The number of benzene rings is 2. The summed E-state index contributed by atoms with van der Waals surface area (Å²) in [6.45, 7) is 14.0. The summed E-state index contributed by atoms with van der Waals surface area (Å²) in [6, 6.07) is 10.1. The Labute approximate surface area is 250 Å². The molecule has 0 atom stereocenters. The topological polar surface area (TPSA) is 55.8 Å². The molecule has 2 aromatic carbocycles. The lowest BCUT2D eigenvalue weighted by Crippen LogP contribution is -2.44. The zero-order chi connectivity index (χ0) is 29.7. The van der Waals surface area contributed by atoms with E-state index in [4.69, 9.17) is 9.47 Å². The third kappa shape index (κ3) is 5.75. The number of hydrogen-bond donors (Lipinski definition) is 0. The quantitative estimate of drug-likeness (QED) is 0.311. The zero-order valence-corrected chi connectivity index (χ0v) is 26.4. The van der Waals surface area contributed by atoms with Gasteiger partial charge in [-0.15, -0.1) is 0 Å². The van der Waals surface area contributed by atoms with Crippen LogP contribution in [0.5, 0.6) is 11.5 Å². The smallest absolute Gasteiger partial charge is 0.175 e. The SMILES string of the molecule is CCOc1cc(C2C3=C(CC(C)(C)CC3=O)N(CC)C3=C2C(=O)CC(C)(C)C3)cc(Br)c1OCc1ccc(F)cc1. The third-order valence-electron chi connectivity index (χ3n) is 8.30. The van der Waals surface area contributed by atoms with Crippen LogP contribution in [-0.4, -0.2) is 29.6 Å². The van der Waals surface area contributed by atoms with Crippen molar-refractivity contribution in [1.82, 2.24) is 4.90 Å². The molecule has 0 saturated carbocycles. The number of hydrogen-bond acceptors (Lipinski definition) is 5. The van der Waals surface area contributed by atoms with Gasteiger partial charge in [0.25, 0.3) is 0 Å². The molecular weight excluding hydrogens is 585 g/mol. The molecule has 0 fully saturated rings. The van der Waals surface area contributed by atoms with Crippen molar-refractivity contribution in [3.63, 3.8) is 0 Å². The Morgan fingerprint density at radius 1 is 0.878 bits per heavy atom. The summed E-state index contributed by atoms with van der Waals surface area (Å²) >= 11 is 3.71. The van der Waals surface area contributed by atoms with Crippen molar-refractivity contribution < 1.29 is 23.5 Å². The Balaban J connectivity index is 1.65. The first-order chi connectivity index (χ1) is 19.3. The van der Waals surface area contributed by atoms with Gasteiger partial charge in [-0.2, -0.15) is 0 Å². The van der Waals surface area contributed by atoms with Crippen molar-refractivity contribution in [2.45, 2.75) is 79.8 Å². The van der Waals surface area contributed by atoms with E-state index in [0.717, 1.165) is 46.5 Å². The summed E-state index contributed by atoms with van der Waals surface area (Å²) in [6.07, 6.45) is 2.45. The minimum absolute atomic E-state index is 0.106. The van der Waals surface area contributed by atoms with E-state index in [-0.39, 0.29) is 34.8 Å². The maximum atomic E-state index is 13.9. The Morgan fingerprint density at radius 3 is 1.95 bits per heavy atom. The first-order valence-electron chi connectivity index (χ1n) is 14.5. The van der Waals surface area contributed by atoms with Gasteiger partial charge in [-0.3, -0.25) is 9.59 Å². The lowest BCUT2D eigenvalue weighted by atomic mass is 9.63. The Hall–Kier alpha value is -2.93. The van der Waals surface area contributed by atoms with Gasteiger partial charge in [0, 0.05) is 47.8 Å². The van der Waals surface area contributed by atoms with Crippen LogP contribution in [0.2, 0.25) is 0 Å². The second kappa shape index (κ2) is 11.0. The highest BCUT2D eigenvalue weighted by Crippen LogP contribution is 2.55. The van der Waals surface area contributed by atoms with Crippen molar-refractivity contribution >= 4 is 27.5 Å². The van der Waals surface area contributed by atoms with Gasteiger partial charge in [-0.25, -0.2) is 4.39 Å². The number of ketones is 2. The van der Waals surface area contributed by atoms with Crippen LogP contribution < -0.4 is 9.47 Å². The van der Waals surface area contributed by atoms with Crippen molar-refractivity contribution in [3.05, 3.63) is 80.4 Å². The number of rotatable bonds is 7. The van der Waals surface area contributed by atoms with E-state index >= 15 is 0 Å². The van der Waals surface area contributed by atoms with Crippen LogP contribution in [0.1, 0.15) is 84.3 Å². The van der Waals surface area contributed by atoms with Crippen LogP contribution in [0, 0.1) is 16.6 Å². The Bertz CT molecular complexity index is 1400. The number of carbonyl (C=O) groups excluding carboxylic acids is 2. The molecule has 2 aliphatic carbocycles. The normalized spacial score (nSPS) is 20.2. The fourth-order valence-corrected chi connectivity index (χ4v) is 7.23. The van der Waals surface area contributed by atoms with E-state index < -0.39 is 5.92 Å². The number of ether oxygens (including phenoxy) is 2. The lowest BCUT2D eigenvalue weighted by Gasteiger charge is -2.49. The molecule has 1 heterocycles. The third-order valence-corrected chi connectivity index (χ3v) is 8.89. The average Bonchev–Trinajstić information content (AvgIpc) is 2.87. The van der Waals surface area contributed by atoms with E-state index in [1.165, 1.54) is 12.1 Å². The van der Waals surface area contributed by atoms with E-state index in [1.54, 1.807) is 12.1 Å². The molecule has 2 aromatic rings. The molecular formula is C34H39BrFNO4. The predicted octanol–water partition coefficient (Wildman–Crippen LogP) is 8.27. The minimum atomic E-state index is -0.461. The molecule has 0 saturated heterocycles. The van der Waals surface area contributed by atoms with Crippen molar-refractivity contribution in [3.8, 4) is 11.5 Å². The minimum Gasteiger partial charge on any atom is -0.490 e. The van der Waals surface area contributed by atoms with Gasteiger partial charge in [-0.05, 0) is 88.8 Å². The largest absolute Gasteiger partial charge is 0.490 e. The molecule has 41 heavy (non-hydrogen) atoms. The van der Waals surface area contributed by atoms with Crippen LogP contribution in [0.4, 0.5) is 4.39 Å². The first kappa shape index (κ1) is 29.6. The van der Waals surface area contributed by atoms with Gasteiger partial charge in [0.05, 0.1) is 11.1 Å². The first-order valence-corrected chi connectivity index (χ1v) is 15.3. The number of carbonyl (C=O) groups is 2. The number of Topliss-reactive ketones (excluding diaryl/α,β-unsaturated/α-hetero) is 2. The summed E-state index contributed by atoms with van der Waals surface area (Å²) in [5.74, 6) is 0.517.